The molecule has 1 rings (SSSR count). The quantitative estimate of drug-likeness (QED) is 0.775. The lowest BCUT2D eigenvalue weighted by atomic mass is 9.87. The Balaban J connectivity index is 2.40. The molecule has 3 atom stereocenters. The first-order valence-corrected chi connectivity index (χ1v) is 7.02. The summed E-state index contributed by atoms with van der Waals surface area (Å²) in [5.74, 6) is 1.77. The van der Waals surface area contributed by atoms with E-state index in [1.54, 1.807) is 0 Å². The Morgan fingerprint density at radius 3 is 2.44 bits per heavy atom. The molecular formula is C14H30N2. The second kappa shape index (κ2) is 6.61. The lowest BCUT2D eigenvalue weighted by molar-refractivity contribution is 0.0915. The predicted molar refractivity (Wildman–Crippen MR) is 71.7 cm³/mol. The third-order valence-electron chi connectivity index (χ3n) is 4.11. The van der Waals surface area contributed by atoms with Gasteiger partial charge in [0.15, 0.2) is 0 Å². The van der Waals surface area contributed by atoms with Crippen molar-refractivity contribution in [1.29, 1.82) is 0 Å². The zero-order valence-electron chi connectivity index (χ0n) is 11.8. The minimum Gasteiger partial charge on any atom is -0.313 e. The van der Waals surface area contributed by atoms with Gasteiger partial charge in [-0.15, -0.1) is 0 Å². The summed E-state index contributed by atoms with van der Waals surface area (Å²) in [7, 11) is 0. The summed E-state index contributed by atoms with van der Waals surface area (Å²) in [5.41, 5.74) is 0. The molecule has 1 aliphatic heterocycles. The second-order valence-corrected chi connectivity index (χ2v) is 5.86. The fourth-order valence-electron chi connectivity index (χ4n) is 2.53. The Bertz CT molecular complexity index is 191. The van der Waals surface area contributed by atoms with Crippen LogP contribution in [0.1, 0.15) is 47.5 Å². The van der Waals surface area contributed by atoms with Gasteiger partial charge in [0.2, 0.25) is 0 Å². The van der Waals surface area contributed by atoms with Gasteiger partial charge in [0.25, 0.3) is 0 Å². The summed E-state index contributed by atoms with van der Waals surface area (Å²) >= 11 is 0. The van der Waals surface area contributed by atoms with Crippen molar-refractivity contribution >= 4 is 0 Å². The molecule has 2 heteroatoms. The van der Waals surface area contributed by atoms with Crippen molar-refractivity contribution in [2.75, 3.05) is 19.6 Å². The second-order valence-electron chi connectivity index (χ2n) is 5.86. The van der Waals surface area contributed by atoms with Crippen molar-refractivity contribution in [3.05, 3.63) is 0 Å². The van der Waals surface area contributed by atoms with Gasteiger partial charge in [-0.1, -0.05) is 34.6 Å². The molecule has 0 bridgehead atoms. The van der Waals surface area contributed by atoms with Crippen LogP contribution in [-0.2, 0) is 0 Å². The Kier molecular flexibility index (Phi) is 5.77. The van der Waals surface area contributed by atoms with Crippen molar-refractivity contribution in [3.63, 3.8) is 0 Å². The van der Waals surface area contributed by atoms with Gasteiger partial charge < -0.3 is 5.32 Å². The number of piperidine rings is 1. The fourth-order valence-corrected chi connectivity index (χ4v) is 2.53. The zero-order chi connectivity index (χ0) is 12.1. The molecule has 0 aromatic rings. The van der Waals surface area contributed by atoms with Gasteiger partial charge in [0.1, 0.15) is 0 Å². The van der Waals surface area contributed by atoms with Crippen molar-refractivity contribution in [2.24, 2.45) is 11.8 Å². The average Bonchev–Trinajstić information content (AvgIpc) is 2.23. The minimum atomic E-state index is 0.607. The molecule has 1 fully saturated rings. The Labute approximate surface area is 102 Å². The van der Waals surface area contributed by atoms with E-state index in [1.807, 2.05) is 0 Å². The molecule has 3 unspecified atom stereocenters. The van der Waals surface area contributed by atoms with Crippen LogP contribution in [0.2, 0.25) is 0 Å². The third kappa shape index (κ3) is 4.06. The topological polar surface area (TPSA) is 15.3 Å². The molecule has 96 valence electrons. The van der Waals surface area contributed by atoms with Crippen molar-refractivity contribution in [1.82, 2.24) is 10.2 Å². The van der Waals surface area contributed by atoms with E-state index in [-0.39, 0.29) is 0 Å². The minimum absolute atomic E-state index is 0.607. The molecule has 16 heavy (non-hydrogen) atoms. The zero-order valence-corrected chi connectivity index (χ0v) is 11.8. The van der Waals surface area contributed by atoms with E-state index in [9.17, 15) is 0 Å². The van der Waals surface area contributed by atoms with E-state index in [2.05, 4.69) is 44.8 Å². The maximum absolute atomic E-state index is 3.58. The largest absolute Gasteiger partial charge is 0.313 e. The van der Waals surface area contributed by atoms with Crippen LogP contribution in [0, 0.1) is 11.8 Å². The van der Waals surface area contributed by atoms with Crippen LogP contribution in [0.25, 0.3) is 0 Å². The molecule has 2 nitrogen and oxygen atoms in total. The molecular weight excluding hydrogens is 196 g/mol. The average molecular weight is 226 g/mol. The van der Waals surface area contributed by atoms with Gasteiger partial charge in [-0.25, -0.2) is 0 Å². The lowest BCUT2D eigenvalue weighted by Gasteiger charge is -2.40. The molecule has 0 aromatic carbocycles. The van der Waals surface area contributed by atoms with Gasteiger partial charge in [0.05, 0.1) is 0 Å². The molecule has 0 radical (unpaired) electrons. The molecule has 0 saturated carbocycles. The molecule has 0 spiro atoms. The number of likely N-dealkylation sites (tertiary alicyclic amines) is 1. The maximum atomic E-state index is 3.58. The normalized spacial score (nSPS) is 29.6. The Morgan fingerprint density at radius 1 is 1.25 bits per heavy atom. The molecule has 0 aliphatic carbocycles. The molecule has 1 N–H and O–H groups in total. The molecule has 1 aliphatic rings. The Morgan fingerprint density at radius 2 is 1.94 bits per heavy atom. The highest BCUT2D eigenvalue weighted by Crippen LogP contribution is 2.24. The summed E-state index contributed by atoms with van der Waals surface area (Å²) in [6.07, 6.45) is 2.64. The molecule has 0 amide bonds. The van der Waals surface area contributed by atoms with Crippen LogP contribution in [0.5, 0.6) is 0 Å². The van der Waals surface area contributed by atoms with E-state index >= 15 is 0 Å². The standard InChI is InChI=1S/C14H30N2/c1-6-14(9-15-11(2)3)16-8-7-12(4)13(5)10-16/h11-15H,6-10H2,1-5H3. The monoisotopic (exact) mass is 226 g/mol. The van der Waals surface area contributed by atoms with Crippen LogP contribution in [0.3, 0.4) is 0 Å². The van der Waals surface area contributed by atoms with E-state index in [0.29, 0.717) is 6.04 Å². The summed E-state index contributed by atoms with van der Waals surface area (Å²) in [6, 6.07) is 1.34. The van der Waals surface area contributed by atoms with E-state index < -0.39 is 0 Å². The number of nitrogens with one attached hydrogen (secondary N) is 1. The first kappa shape index (κ1) is 14.0. The first-order chi connectivity index (χ1) is 7.54. The van der Waals surface area contributed by atoms with Crippen molar-refractivity contribution in [2.45, 2.75) is 59.5 Å². The van der Waals surface area contributed by atoms with Crippen molar-refractivity contribution in [3.8, 4) is 0 Å². The number of rotatable bonds is 5. The highest BCUT2D eigenvalue weighted by Gasteiger charge is 2.26. The van der Waals surface area contributed by atoms with Crippen molar-refractivity contribution < 1.29 is 0 Å². The van der Waals surface area contributed by atoms with Gasteiger partial charge in [0, 0.05) is 25.2 Å². The van der Waals surface area contributed by atoms with Gasteiger partial charge in [-0.3, -0.25) is 4.90 Å². The summed E-state index contributed by atoms with van der Waals surface area (Å²) < 4.78 is 0. The van der Waals surface area contributed by atoms with Crippen LogP contribution < -0.4 is 5.32 Å². The van der Waals surface area contributed by atoms with Crippen LogP contribution in [-0.4, -0.2) is 36.6 Å². The van der Waals surface area contributed by atoms with Crippen LogP contribution in [0.4, 0.5) is 0 Å². The van der Waals surface area contributed by atoms with E-state index in [1.165, 1.54) is 25.9 Å². The maximum Gasteiger partial charge on any atom is 0.0218 e. The number of nitrogens with zero attached hydrogens (tertiary/aromatic N) is 1. The summed E-state index contributed by atoms with van der Waals surface area (Å²) in [4.78, 5) is 2.69. The summed E-state index contributed by atoms with van der Waals surface area (Å²) in [5, 5.41) is 3.58. The van der Waals surface area contributed by atoms with Crippen LogP contribution in [0.15, 0.2) is 0 Å². The van der Waals surface area contributed by atoms with Gasteiger partial charge >= 0.3 is 0 Å². The third-order valence-corrected chi connectivity index (χ3v) is 4.11. The fraction of sp³-hybridized carbons (Fsp3) is 1.00. The first-order valence-electron chi connectivity index (χ1n) is 7.02. The SMILES string of the molecule is CCC(CNC(C)C)N1CCC(C)C(C)C1. The number of hydrogen-bond donors (Lipinski definition) is 1. The smallest absolute Gasteiger partial charge is 0.0218 e. The highest BCUT2D eigenvalue weighted by atomic mass is 15.2. The number of hydrogen-bond acceptors (Lipinski definition) is 2. The van der Waals surface area contributed by atoms with E-state index in [0.717, 1.165) is 24.4 Å². The predicted octanol–water partition coefficient (Wildman–Crippen LogP) is 2.74. The van der Waals surface area contributed by atoms with Gasteiger partial charge in [-0.2, -0.15) is 0 Å². The lowest BCUT2D eigenvalue weighted by Crippen LogP contribution is -2.49. The van der Waals surface area contributed by atoms with E-state index in [4.69, 9.17) is 0 Å². The Hall–Kier alpha value is -0.0800. The molecule has 1 heterocycles. The molecule has 0 aromatic heterocycles. The van der Waals surface area contributed by atoms with Gasteiger partial charge in [-0.05, 0) is 31.2 Å². The van der Waals surface area contributed by atoms with Crippen LogP contribution >= 0.6 is 0 Å². The molecule has 1 saturated heterocycles. The highest BCUT2D eigenvalue weighted by molar-refractivity contribution is 4.81. The summed E-state index contributed by atoms with van der Waals surface area (Å²) in [6.45, 7) is 15.3.